The molecule has 1 amide bonds. The van der Waals surface area contributed by atoms with Crippen LogP contribution in [0.15, 0.2) is 48.8 Å². The second-order valence-corrected chi connectivity index (χ2v) is 9.25. The Morgan fingerprint density at radius 3 is 2.28 bits per heavy atom. The highest BCUT2D eigenvalue weighted by molar-refractivity contribution is 7.91. The lowest BCUT2D eigenvalue weighted by Crippen LogP contribution is -2.43. The highest BCUT2D eigenvalue weighted by atomic mass is 32.2. The standard InChI is InChI=1S/C19H22N2O3S/c22-19(21(17-7-8-17)18-9-12-25(23,24)14-18)13-15-3-5-16(6-4-15)20-10-1-2-11-20/h1-6,10-11,17-18H,7-9,12-14H2. The number of nitrogens with zero attached hydrogens (tertiary/aromatic N) is 2. The Morgan fingerprint density at radius 1 is 1.04 bits per heavy atom. The topological polar surface area (TPSA) is 59.4 Å². The summed E-state index contributed by atoms with van der Waals surface area (Å²) in [6, 6.07) is 12.0. The number of hydrogen-bond acceptors (Lipinski definition) is 3. The summed E-state index contributed by atoms with van der Waals surface area (Å²) in [5.74, 6) is 0.389. The van der Waals surface area contributed by atoms with Crippen LogP contribution in [-0.4, -0.2) is 47.4 Å². The summed E-state index contributed by atoms with van der Waals surface area (Å²) in [7, 11) is -2.98. The zero-order chi connectivity index (χ0) is 17.4. The first-order valence-corrected chi connectivity index (χ1v) is 10.6. The van der Waals surface area contributed by atoms with E-state index in [9.17, 15) is 13.2 Å². The molecule has 0 N–H and O–H groups in total. The van der Waals surface area contributed by atoms with Gasteiger partial charge in [-0.1, -0.05) is 12.1 Å². The van der Waals surface area contributed by atoms with Gasteiger partial charge in [0.2, 0.25) is 5.91 Å². The van der Waals surface area contributed by atoms with Gasteiger partial charge in [0, 0.05) is 30.2 Å². The maximum atomic E-state index is 12.8. The van der Waals surface area contributed by atoms with Crippen molar-refractivity contribution in [2.45, 2.75) is 37.8 Å². The maximum absolute atomic E-state index is 12.8. The summed E-state index contributed by atoms with van der Waals surface area (Å²) in [5, 5.41) is 0. The van der Waals surface area contributed by atoms with Crippen molar-refractivity contribution in [2.75, 3.05) is 11.5 Å². The molecule has 2 fully saturated rings. The van der Waals surface area contributed by atoms with Gasteiger partial charge in [-0.15, -0.1) is 0 Å². The van der Waals surface area contributed by atoms with Crippen LogP contribution in [0, 0.1) is 0 Å². The molecule has 1 atom stereocenters. The van der Waals surface area contributed by atoms with Crippen molar-refractivity contribution >= 4 is 15.7 Å². The van der Waals surface area contributed by atoms with Crippen LogP contribution in [0.3, 0.4) is 0 Å². The van der Waals surface area contributed by atoms with Crippen molar-refractivity contribution in [1.82, 2.24) is 9.47 Å². The van der Waals surface area contributed by atoms with Crippen molar-refractivity contribution in [3.8, 4) is 5.69 Å². The number of benzene rings is 1. The van der Waals surface area contributed by atoms with Crippen LogP contribution in [0.2, 0.25) is 0 Å². The van der Waals surface area contributed by atoms with E-state index in [0.29, 0.717) is 12.8 Å². The molecule has 0 spiro atoms. The molecule has 6 heteroatoms. The van der Waals surface area contributed by atoms with Crippen LogP contribution in [0.5, 0.6) is 0 Å². The average molecular weight is 358 g/mol. The number of carbonyl (C=O) groups excluding carboxylic acids is 1. The minimum absolute atomic E-state index is 0.0540. The number of amides is 1. The summed E-state index contributed by atoms with van der Waals surface area (Å²) in [6.45, 7) is 0. The minimum atomic E-state index is -2.98. The van der Waals surface area contributed by atoms with Gasteiger partial charge >= 0.3 is 0 Å². The molecule has 5 nitrogen and oxygen atoms in total. The molecule has 1 aromatic heterocycles. The highest BCUT2D eigenvalue weighted by Gasteiger charge is 2.41. The Labute approximate surface area is 148 Å². The van der Waals surface area contributed by atoms with Gasteiger partial charge in [-0.05, 0) is 49.1 Å². The van der Waals surface area contributed by atoms with Crippen LogP contribution in [0.25, 0.3) is 5.69 Å². The molecular weight excluding hydrogens is 336 g/mol. The molecule has 1 saturated heterocycles. The fourth-order valence-corrected chi connectivity index (χ4v) is 5.32. The molecule has 1 unspecified atom stereocenters. The maximum Gasteiger partial charge on any atom is 0.227 e. The normalized spacial score (nSPS) is 22.0. The van der Waals surface area contributed by atoms with E-state index in [0.717, 1.165) is 24.1 Å². The summed E-state index contributed by atoms with van der Waals surface area (Å²) < 4.78 is 25.6. The second-order valence-electron chi connectivity index (χ2n) is 7.02. The second kappa shape index (κ2) is 6.33. The molecule has 1 aromatic carbocycles. The number of aromatic nitrogens is 1. The van der Waals surface area contributed by atoms with Gasteiger partial charge in [0.05, 0.1) is 17.9 Å². The summed E-state index contributed by atoms with van der Waals surface area (Å²) in [4.78, 5) is 14.7. The largest absolute Gasteiger partial charge is 0.335 e. The van der Waals surface area contributed by atoms with Gasteiger partial charge < -0.3 is 9.47 Å². The molecule has 1 aliphatic carbocycles. The minimum Gasteiger partial charge on any atom is -0.335 e. The fraction of sp³-hybridized carbons (Fsp3) is 0.421. The van der Waals surface area contributed by atoms with Crippen molar-refractivity contribution in [3.63, 3.8) is 0 Å². The van der Waals surface area contributed by atoms with Crippen LogP contribution >= 0.6 is 0 Å². The molecule has 132 valence electrons. The average Bonchev–Trinajstić information content (AvgIpc) is 3.11. The molecular formula is C19H22N2O3S. The van der Waals surface area contributed by atoms with E-state index in [1.165, 1.54) is 0 Å². The molecule has 2 heterocycles. The van der Waals surface area contributed by atoms with E-state index in [4.69, 9.17) is 0 Å². The third-order valence-corrected chi connectivity index (χ3v) is 6.77. The molecule has 4 rings (SSSR count). The van der Waals surface area contributed by atoms with Crippen molar-refractivity contribution in [3.05, 3.63) is 54.4 Å². The molecule has 0 radical (unpaired) electrons. The first kappa shape index (κ1) is 16.4. The van der Waals surface area contributed by atoms with Gasteiger partial charge in [-0.2, -0.15) is 0 Å². The van der Waals surface area contributed by atoms with E-state index in [2.05, 4.69) is 0 Å². The molecule has 1 saturated carbocycles. The summed E-state index contributed by atoms with van der Waals surface area (Å²) in [6.07, 6.45) is 6.87. The summed E-state index contributed by atoms with van der Waals surface area (Å²) >= 11 is 0. The van der Waals surface area contributed by atoms with Gasteiger partial charge in [-0.3, -0.25) is 4.79 Å². The third-order valence-electron chi connectivity index (χ3n) is 5.02. The van der Waals surface area contributed by atoms with Crippen LogP contribution in [-0.2, 0) is 21.1 Å². The van der Waals surface area contributed by atoms with Crippen LogP contribution in [0.1, 0.15) is 24.8 Å². The number of sulfone groups is 1. The molecule has 1 aliphatic heterocycles. The predicted octanol–water partition coefficient (Wildman–Crippen LogP) is 2.20. The lowest BCUT2D eigenvalue weighted by Gasteiger charge is -2.28. The quantitative estimate of drug-likeness (QED) is 0.823. The first-order chi connectivity index (χ1) is 12.0. The van der Waals surface area contributed by atoms with E-state index in [1.807, 2.05) is 58.3 Å². The number of hydrogen-bond donors (Lipinski definition) is 0. The zero-order valence-corrected chi connectivity index (χ0v) is 14.9. The van der Waals surface area contributed by atoms with Crippen molar-refractivity contribution in [1.29, 1.82) is 0 Å². The number of rotatable bonds is 5. The Bertz CT molecular complexity index is 853. The Balaban J connectivity index is 1.46. The van der Waals surface area contributed by atoms with E-state index >= 15 is 0 Å². The molecule has 2 aliphatic rings. The SMILES string of the molecule is O=C(Cc1ccc(-n2cccc2)cc1)N(C1CC1)C1CCS(=O)(=O)C1. The summed E-state index contributed by atoms with van der Waals surface area (Å²) in [5.41, 5.74) is 2.02. The third kappa shape index (κ3) is 3.63. The van der Waals surface area contributed by atoms with Gasteiger partial charge in [0.15, 0.2) is 9.84 Å². The monoisotopic (exact) mass is 358 g/mol. The zero-order valence-electron chi connectivity index (χ0n) is 14.0. The van der Waals surface area contributed by atoms with Gasteiger partial charge in [0.25, 0.3) is 0 Å². The predicted molar refractivity (Wildman–Crippen MR) is 96.4 cm³/mol. The van der Waals surface area contributed by atoms with Crippen molar-refractivity contribution < 1.29 is 13.2 Å². The van der Waals surface area contributed by atoms with Crippen LogP contribution in [0.4, 0.5) is 0 Å². The van der Waals surface area contributed by atoms with Crippen LogP contribution < -0.4 is 0 Å². The Kier molecular flexibility index (Phi) is 4.15. The van der Waals surface area contributed by atoms with Crippen molar-refractivity contribution in [2.24, 2.45) is 0 Å². The fourth-order valence-electron chi connectivity index (χ4n) is 3.61. The lowest BCUT2D eigenvalue weighted by molar-refractivity contribution is -0.133. The highest BCUT2D eigenvalue weighted by Crippen LogP contribution is 2.32. The van der Waals surface area contributed by atoms with Gasteiger partial charge in [-0.25, -0.2) is 8.42 Å². The Morgan fingerprint density at radius 2 is 1.72 bits per heavy atom. The van der Waals surface area contributed by atoms with E-state index in [1.54, 1.807) is 0 Å². The molecule has 0 bridgehead atoms. The molecule has 2 aromatic rings. The molecule has 25 heavy (non-hydrogen) atoms. The van der Waals surface area contributed by atoms with E-state index < -0.39 is 9.84 Å². The number of carbonyl (C=O) groups is 1. The van der Waals surface area contributed by atoms with Gasteiger partial charge in [0.1, 0.15) is 0 Å². The lowest BCUT2D eigenvalue weighted by atomic mass is 10.1. The smallest absolute Gasteiger partial charge is 0.227 e. The Hall–Kier alpha value is -2.08. The first-order valence-electron chi connectivity index (χ1n) is 8.76. The van der Waals surface area contributed by atoms with E-state index in [-0.39, 0.29) is 29.5 Å².